The molecule has 8 nitrogen and oxygen atoms in total. The number of hydrogen-bond donors (Lipinski definition) is 4. The lowest BCUT2D eigenvalue weighted by atomic mass is 9.95. The molecule has 2 heterocycles. The fourth-order valence-corrected chi connectivity index (χ4v) is 6.19. The zero-order chi connectivity index (χ0) is 29.0. The molecule has 0 aromatic heterocycles. The molecule has 0 radical (unpaired) electrons. The highest BCUT2D eigenvalue weighted by molar-refractivity contribution is 5.83. The second-order valence-corrected chi connectivity index (χ2v) is 12.0. The number of aliphatic imine (C=N–C) groups is 1. The van der Waals surface area contributed by atoms with E-state index in [4.69, 9.17) is 9.73 Å². The summed E-state index contributed by atoms with van der Waals surface area (Å²) in [6.45, 7) is 10.9. The molecule has 0 amide bonds. The van der Waals surface area contributed by atoms with Gasteiger partial charge in [0.15, 0.2) is 5.96 Å². The van der Waals surface area contributed by atoms with Crippen LogP contribution in [-0.4, -0.2) is 74.3 Å². The van der Waals surface area contributed by atoms with Gasteiger partial charge in [0.1, 0.15) is 11.9 Å². The normalized spacial score (nSPS) is 21.5. The van der Waals surface area contributed by atoms with Crippen LogP contribution in [0.3, 0.4) is 0 Å². The smallest absolute Gasteiger partial charge is 0.197 e. The van der Waals surface area contributed by atoms with Crippen molar-refractivity contribution in [2.24, 2.45) is 4.99 Å². The third-order valence-corrected chi connectivity index (χ3v) is 8.69. The molecule has 1 unspecified atom stereocenters. The molecule has 42 heavy (non-hydrogen) atoms. The van der Waals surface area contributed by atoms with Crippen LogP contribution >= 0.6 is 0 Å². The van der Waals surface area contributed by atoms with Crippen molar-refractivity contribution in [3.63, 3.8) is 0 Å². The summed E-state index contributed by atoms with van der Waals surface area (Å²) in [7, 11) is 1.73. The third kappa shape index (κ3) is 9.56. The highest BCUT2D eigenvalue weighted by Crippen LogP contribution is 2.18. The number of allylic oxidation sites excluding steroid dienone is 1. The molecule has 2 aromatic carbocycles. The van der Waals surface area contributed by atoms with E-state index in [2.05, 4.69) is 86.5 Å². The summed E-state index contributed by atoms with van der Waals surface area (Å²) in [4.78, 5) is 9.91. The Bertz CT molecular complexity index is 1150. The van der Waals surface area contributed by atoms with E-state index in [0.29, 0.717) is 6.54 Å². The molecule has 0 spiro atoms. The first-order valence-corrected chi connectivity index (χ1v) is 16.0. The minimum absolute atomic E-state index is 0.162. The van der Waals surface area contributed by atoms with Gasteiger partial charge in [-0.05, 0) is 74.2 Å². The SMILES string of the molecule is COc1cccc(CN2CCN(C3C=C(C)NC(=NCc4ccc(CNCCCNC5CCCCC5)cc4)N3)CC2)c1. The molecule has 2 aromatic rings. The number of guanidine groups is 1. The maximum Gasteiger partial charge on any atom is 0.197 e. The molecule has 1 saturated heterocycles. The van der Waals surface area contributed by atoms with Crippen LogP contribution in [0.1, 0.15) is 62.1 Å². The number of ether oxygens (including phenoxy) is 1. The van der Waals surface area contributed by atoms with Crippen molar-refractivity contribution >= 4 is 5.96 Å². The van der Waals surface area contributed by atoms with Gasteiger partial charge < -0.3 is 26.0 Å². The zero-order valence-electron chi connectivity index (χ0n) is 25.7. The van der Waals surface area contributed by atoms with Crippen molar-refractivity contribution in [3.05, 3.63) is 77.0 Å². The van der Waals surface area contributed by atoms with Crippen LogP contribution in [0.4, 0.5) is 0 Å². The molecule has 1 aliphatic carbocycles. The van der Waals surface area contributed by atoms with Crippen LogP contribution in [-0.2, 0) is 19.6 Å². The fourth-order valence-electron chi connectivity index (χ4n) is 6.19. The number of methoxy groups -OCH3 is 1. The summed E-state index contributed by atoms with van der Waals surface area (Å²) >= 11 is 0. The number of nitrogens with zero attached hydrogens (tertiary/aromatic N) is 3. The van der Waals surface area contributed by atoms with Crippen molar-refractivity contribution in [2.45, 2.75) is 77.3 Å². The minimum Gasteiger partial charge on any atom is -0.497 e. The van der Waals surface area contributed by atoms with Crippen LogP contribution in [0.2, 0.25) is 0 Å². The minimum atomic E-state index is 0.162. The molecule has 1 saturated carbocycles. The first kappa shape index (κ1) is 30.5. The summed E-state index contributed by atoms with van der Waals surface area (Å²) in [6, 6.07) is 18.0. The molecule has 4 N–H and O–H groups in total. The summed E-state index contributed by atoms with van der Waals surface area (Å²) in [5.74, 6) is 1.78. The summed E-state index contributed by atoms with van der Waals surface area (Å²) < 4.78 is 5.39. The second-order valence-electron chi connectivity index (χ2n) is 12.0. The van der Waals surface area contributed by atoms with Gasteiger partial charge in [-0.2, -0.15) is 0 Å². The predicted molar refractivity (Wildman–Crippen MR) is 172 cm³/mol. The van der Waals surface area contributed by atoms with Crippen LogP contribution in [0.25, 0.3) is 0 Å². The Morgan fingerprint density at radius 1 is 0.929 bits per heavy atom. The van der Waals surface area contributed by atoms with E-state index in [9.17, 15) is 0 Å². The summed E-state index contributed by atoms with van der Waals surface area (Å²) in [5.41, 5.74) is 4.99. The molecule has 2 fully saturated rings. The highest BCUT2D eigenvalue weighted by Gasteiger charge is 2.25. The monoisotopic (exact) mass is 573 g/mol. The van der Waals surface area contributed by atoms with Gasteiger partial charge in [0.25, 0.3) is 0 Å². The van der Waals surface area contributed by atoms with Crippen LogP contribution in [0.5, 0.6) is 5.75 Å². The quantitative estimate of drug-likeness (QED) is 0.268. The average Bonchev–Trinajstić information content (AvgIpc) is 3.03. The molecule has 2 aliphatic heterocycles. The highest BCUT2D eigenvalue weighted by atomic mass is 16.5. The molecule has 5 rings (SSSR count). The van der Waals surface area contributed by atoms with Gasteiger partial charge >= 0.3 is 0 Å². The Labute approximate surface area is 253 Å². The fraction of sp³-hybridized carbons (Fsp3) is 0.559. The molecular weight excluding hydrogens is 522 g/mol. The van der Waals surface area contributed by atoms with E-state index in [0.717, 1.165) is 75.8 Å². The van der Waals surface area contributed by atoms with Gasteiger partial charge in [-0.1, -0.05) is 55.7 Å². The van der Waals surface area contributed by atoms with Gasteiger partial charge in [-0.25, -0.2) is 4.99 Å². The van der Waals surface area contributed by atoms with E-state index in [1.54, 1.807) is 7.11 Å². The Balaban J connectivity index is 1.01. The Hall–Kier alpha value is -2.91. The van der Waals surface area contributed by atoms with Crippen molar-refractivity contribution in [2.75, 3.05) is 46.4 Å². The summed E-state index contributed by atoms with van der Waals surface area (Å²) in [5, 5.41) is 14.4. The number of piperazine rings is 1. The van der Waals surface area contributed by atoms with Gasteiger partial charge in [0, 0.05) is 51.0 Å². The largest absolute Gasteiger partial charge is 0.497 e. The lowest BCUT2D eigenvalue weighted by Crippen LogP contribution is -2.58. The van der Waals surface area contributed by atoms with Crippen LogP contribution in [0, 0.1) is 0 Å². The van der Waals surface area contributed by atoms with E-state index in [1.165, 1.54) is 55.2 Å². The van der Waals surface area contributed by atoms with Crippen LogP contribution in [0.15, 0.2) is 65.3 Å². The second kappa shape index (κ2) is 16.1. The first-order chi connectivity index (χ1) is 20.6. The molecular formula is C34H51N7O. The molecule has 0 bridgehead atoms. The van der Waals surface area contributed by atoms with Crippen molar-refractivity contribution < 1.29 is 4.74 Å². The number of nitrogens with one attached hydrogen (secondary N) is 4. The summed E-state index contributed by atoms with van der Waals surface area (Å²) in [6.07, 6.45) is 10.5. The Morgan fingerprint density at radius 2 is 1.71 bits per heavy atom. The lowest BCUT2D eigenvalue weighted by molar-refractivity contribution is 0.101. The number of hydrogen-bond acceptors (Lipinski definition) is 6. The Morgan fingerprint density at radius 3 is 2.50 bits per heavy atom. The first-order valence-electron chi connectivity index (χ1n) is 16.0. The average molecular weight is 574 g/mol. The predicted octanol–water partition coefficient (Wildman–Crippen LogP) is 4.19. The molecule has 3 aliphatic rings. The van der Waals surface area contributed by atoms with Crippen molar-refractivity contribution in [3.8, 4) is 5.75 Å². The molecule has 8 heteroatoms. The van der Waals surface area contributed by atoms with Crippen molar-refractivity contribution in [1.82, 2.24) is 31.1 Å². The van der Waals surface area contributed by atoms with Gasteiger partial charge in [0.05, 0.1) is 13.7 Å². The van der Waals surface area contributed by atoms with E-state index in [1.807, 2.05) is 6.07 Å². The van der Waals surface area contributed by atoms with Gasteiger partial charge in [-0.15, -0.1) is 0 Å². The Kier molecular flexibility index (Phi) is 11.7. The number of rotatable bonds is 13. The third-order valence-electron chi connectivity index (χ3n) is 8.69. The number of benzene rings is 2. The van der Waals surface area contributed by atoms with Gasteiger partial charge in [0.2, 0.25) is 0 Å². The molecule has 1 atom stereocenters. The lowest BCUT2D eigenvalue weighted by Gasteiger charge is -2.40. The standard InChI is InChI=1S/C34H51N7O/c1-27-22-33(41-20-18-40(19-21-41)26-30-8-6-11-32(23-30)42-2)39-34(38-27)37-25-29-14-12-28(13-15-29)24-35-16-7-17-36-31-9-4-3-5-10-31/h6,8,11-15,22-23,31,33,35-36H,3-5,7,9-10,16-21,24-26H2,1-2H3,(H2,37,38,39). The maximum absolute atomic E-state index is 5.39. The van der Waals surface area contributed by atoms with Crippen molar-refractivity contribution in [1.29, 1.82) is 0 Å². The zero-order valence-corrected chi connectivity index (χ0v) is 25.7. The van der Waals surface area contributed by atoms with E-state index < -0.39 is 0 Å². The van der Waals surface area contributed by atoms with Crippen LogP contribution < -0.4 is 26.0 Å². The van der Waals surface area contributed by atoms with E-state index >= 15 is 0 Å². The van der Waals surface area contributed by atoms with Gasteiger partial charge in [-0.3, -0.25) is 9.80 Å². The maximum atomic E-state index is 5.39. The molecule has 228 valence electrons. The topological polar surface area (TPSA) is 76.2 Å². The van der Waals surface area contributed by atoms with E-state index in [-0.39, 0.29) is 6.17 Å².